The van der Waals surface area contributed by atoms with Gasteiger partial charge in [-0.3, -0.25) is 19.3 Å². The highest BCUT2D eigenvalue weighted by molar-refractivity contribution is 7.90. The van der Waals surface area contributed by atoms with Gasteiger partial charge in [0.1, 0.15) is 5.75 Å². The minimum Gasteiger partial charge on any atom is -0.493 e. The molecule has 2 unspecified atom stereocenters. The van der Waals surface area contributed by atoms with Crippen molar-refractivity contribution < 1.29 is 27.5 Å². The molecule has 1 aromatic carbocycles. The first kappa shape index (κ1) is 23.2. The molecule has 1 heterocycles. The minimum absolute atomic E-state index is 0.116. The van der Waals surface area contributed by atoms with Crippen molar-refractivity contribution in [1.29, 1.82) is 0 Å². The molecule has 1 aliphatic carbocycles. The molecule has 2 fully saturated rings. The van der Waals surface area contributed by atoms with Crippen molar-refractivity contribution in [2.75, 3.05) is 33.0 Å². The van der Waals surface area contributed by atoms with Crippen LogP contribution in [0.25, 0.3) is 0 Å². The summed E-state index contributed by atoms with van der Waals surface area (Å²) in [4.78, 5) is 40.4. The Balaban J connectivity index is 1.40. The number of carbonyl (C=O) groups excluding carboxylic acids is 3. The summed E-state index contributed by atoms with van der Waals surface area (Å²) < 4.78 is 28.8. The van der Waals surface area contributed by atoms with E-state index in [0.29, 0.717) is 25.3 Å². The topological polar surface area (TPSA) is 101 Å². The Morgan fingerprint density at radius 3 is 2.42 bits per heavy atom. The van der Waals surface area contributed by atoms with Crippen LogP contribution in [-0.4, -0.2) is 68.9 Å². The molecule has 0 N–H and O–H groups in total. The van der Waals surface area contributed by atoms with E-state index in [9.17, 15) is 22.8 Å². The van der Waals surface area contributed by atoms with Crippen LogP contribution in [0.4, 0.5) is 0 Å². The third kappa shape index (κ3) is 5.64. The third-order valence-corrected chi connectivity index (χ3v) is 7.16. The van der Waals surface area contributed by atoms with Crippen molar-refractivity contribution in [2.45, 2.75) is 43.4 Å². The van der Waals surface area contributed by atoms with Crippen LogP contribution in [0.2, 0.25) is 0 Å². The predicted molar refractivity (Wildman–Crippen MR) is 114 cm³/mol. The minimum atomic E-state index is -3.29. The number of hydrogen-bond acceptors (Lipinski definition) is 6. The molecule has 1 aliphatic heterocycles. The van der Waals surface area contributed by atoms with Crippen LogP contribution in [0, 0.1) is 11.8 Å². The molecule has 9 heteroatoms. The Labute approximate surface area is 183 Å². The van der Waals surface area contributed by atoms with Crippen molar-refractivity contribution in [3.05, 3.63) is 24.3 Å². The molecule has 1 saturated heterocycles. The summed E-state index contributed by atoms with van der Waals surface area (Å²) in [5.74, 6) is -0.274. The lowest BCUT2D eigenvalue weighted by atomic mass is 9.81. The second-order valence-electron chi connectivity index (χ2n) is 8.34. The normalized spacial score (nSPS) is 21.2. The molecule has 1 aromatic rings. The molecule has 0 radical (unpaired) electrons. The van der Waals surface area contributed by atoms with E-state index in [0.717, 1.165) is 31.9 Å². The van der Waals surface area contributed by atoms with E-state index >= 15 is 0 Å². The third-order valence-electron chi connectivity index (χ3n) is 6.05. The summed E-state index contributed by atoms with van der Waals surface area (Å²) >= 11 is 0. The molecular weight excluding hydrogens is 420 g/mol. The van der Waals surface area contributed by atoms with Gasteiger partial charge in [0, 0.05) is 32.8 Å². The van der Waals surface area contributed by atoms with Crippen LogP contribution in [0.3, 0.4) is 0 Å². The van der Waals surface area contributed by atoms with Crippen LogP contribution in [0.5, 0.6) is 5.75 Å². The summed E-state index contributed by atoms with van der Waals surface area (Å²) in [7, 11) is -1.61. The fourth-order valence-electron chi connectivity index (χ4n) is 4.26. The molecule has 3 rings (SSSR count). The van der Waals surface area contributed by atoms with Gasteiger partial charge in [0.15, 0.2) is 9.84 Å². The number of fused-ring (bicyclic) bond motifs is 1. The van der Waals surface area contributed by atoms with Gasteiger partial charge in [0.25, 0.3) is 0 Å². The molecule has 31 heavy (non-hydrogen) atoms. The van der Waals surface area contributed by atoms with Gasteiger partial charge in [-0.15, -0.1) is 0 Å². The van der Waals surface area contributed by atoms with Gasteiger partial charge in [-0.2, -0.15) is 0 Å². The predicted octanol–water partition coefficient (Wildman–Crippen LogP) is 1.88. The Morgan fingerprint density at radius 2 is 1.81 bits per heavy atom. The zero-order valence-electron chi connectivity index (χ0n) is 18.1. The molecular formula is C22H30N2O6S. The first-order valence-corrected chi connectivity index (χ1v) is 12.6. The molecule has 2 atom stereocenters. The Hall–Kier alpha value is -2.42. The average molecular weight is 451 g/mol. The fraction of sp³-hybridized carbons (Fsp3) is 0.591. The van der Waals surface area contributed by atoms with Crippen LogP contribution in [0.15, 0.2) is 29.2 Å². The SMILES string of the molecule is CN(CCCOc1cccc(S(C)(=O)=O)c1)C(=O)CCN1C(=O)C2CCCCC2C1=O. The van der Waals surface area contributed by atoms with Crippen molar-refractivity contribution in [3.63, 3.8) is 0 Å². The van der Waals surface area contributed by atoms with Gasteiger partial charge in [0.2, 0.25) is 17.7 Å². The van der Waals surface area contributed by atoms with Gasteiger partial charge < -0.3 is 9.64 Å². The Bertz CT molecular complexity index is 921. The maximum atomic E-state index is 12.5. The maximum Gasteiger partial charge on any atom is 0.233 e. The molecule has 0 aromatic heterocycles. The number of amides is 3. The van der Waals surface area contributed by atoms with E-state index in [4.69, 9.17) is 4.74 Å². The van der Waals surface area contributed by atoms with E-state index in [1.54, 1.807) is 24.1 Å². The van der Waals surface area contributed by atoms with Gasteiger partial charge >= 0.3 is 0 Å². The summed E-state index contributed by atoms with van der Waals surface area (Å²) in [5.41, 5.74) is 0. The summed E-state index contributed by atoms with van der Waals surface area (Å²) in [5, 5.41) is 0. The lowest BCUT2D eigenvalue weighted by Crippen LogP contribution is -2.36. The Kier molecular flexibility index (Phi) is 7.35. The zero-order valence-corrected chi connectivity index (χ0v) is 18.9. The Morgan fingerprint density at radius 1 is 1.16 bits per heavy atom. The number of hydrogen-bond donors (Lipinski definition) is 0. The van der Waals surface area contributed by atoms with E-state index in [-0.39, 0.29) is 47.4 Å². The highest BCUT2D eigenvalue weighted by atomic mass is 32.2. The lowest BCUT2D eigenvalue weighted by Gasteiger charge is -2.20. The van der Waals surface area contributed by atoms with Crippen LogP contribution in [0.1, 0.15) is 38.5 Å². The molecule has 8 nitrogen and oxygen atoms in total. The monoisotopic (exact) mass is 450 g/mol. The quantitative estimate of drug-likeness (QED) is 0.421. The molecule has 170 valence electrons. The molecule has 1 saturated carbocycles. The van der Waals surface area contributed by atoms with Crippen molar-refractivity contribution in [3.8, 4) is 5.75 Å². The second-order valence-corrected chi connectivity index (χ2v) is 10.4. The summed E-state index contributed by atoms with van der Waals surface area (Å²) in [6, 6.07) is 6.30. The number of nitrogens with zero attached hydrogens (tertiary/aromatic N) is 2. The highest BCUT2D eigenvalue weighted by Crippen LogP contribution is 2.38. The van der Waals surface area contributed by atoms with Gasteiger partial charge in [-0.25, -0.2) is 8.42 Å². The maximum absolute atomic E-state index is 12.5. The number of likely N-dealkylation sites (tertiary alicyclic amines) is 1. The largest absolute Gasteiger partial charge is 0.493 e. The second kappa shape index (κ2) is 9.80. The zero-order chi connectivity index (χ0) is 22.6. The van der Waals surface area contributed by atoms with Crippen molar-refractivity contribution in [1.82, 2.24) is 9.80 Å². The lowest BCUT2D eigenvalue weighted by molar-refractivity contribution is -0.140. The molecule has 0 bridgehead atoms. The van der Waals surface area contributed by atoms with E-state index in [1.807, 2.05) is 0 Å². The summed E-state index contributed by atoms with van der Waals surface area (Å²) in [6.07, 6.45) is 5.33. The van der Waals surface area contributed by atoms with Crippen molar-refractivity contribution in [2.24, 2.45) is 11.8 Å². The van der Waals surface area contributed by atoms with Crippen LogP contribution in [-0.2, 0) is 24.2 Å². The standard InChI is InChI=1S/C22H30N2O6S/c1-23(12-6-14-30-16-7-5-8-17(15-16)31(2,28)29)20(25)11-13-24-21(26)18-9-3-4-10-19(18)22(24)27/h5,7-8,15,18-19H,3-4,6,9-14H2,1-2H3. The molecule has 3 amide bonds. The number of benzene rings is 1. The number of rotatable bonds is 9. The van der Waals surface area contributed by atoms with E-state index in [2.05, 4.69) is 0 Å². The molecule has 2 aliphatic rings. The van der Waals surface area contributed by atoms with Crippen LogP contribution < -0.4 is 4.74 Å². The average Bonchev–Trinajstić information content (AvgIpc) is 2.99. The smallest absolute Gasteiger partial charge is 0.233 e. The van der Waals surface area contributed by atoms with Crippen LogP contribution >= 0.6 is 0 Å². The number of sulfone groups is 1. The fourth-order valence-corrected chi connectivity index (χ4v) is 4.92. The van der Waals surface area contributed by atoms with Gasteiger partial charge in [-0.05, 0) is 37.5 Å². The number of carbonyl (C=O) groups is 3. The van der Waals surface area contributed by atoms with E-state index < -0.39 is 9.84 Å². The highest BCUT2D eigenvalue weighted by Gasteiger charge is 2.47. The summed E-state index contributed by atoms with van der Waals surface area (Å²) in [6.45, 7) is 0.928. The van der Waals surface area contributed by atoms with Crippen molar-refractivity contribution >= 4 is 27.6 Å². The number of ether oxygens (including phenoxy) is 1. The van der Waals surface area contributed by atoms with Gasteiger partial charge in [-0.1, -0.05) is 18.9 Å². The molecule has 0 spiro atoms. The first-order valence-electron chi connectivity index (χ1n) is 10.7. The van der Waals surface area contributed by atoms with E-state index in [1.165, 1.54) is 17.0 Å². The van der Waals surface area contributed by atoms with Gasteiger partial charge in [0.05, 0.1) is 23.3 Å². The number of imide groups is 1. The first-order chi connectivity index (χ1) is 14.7.